The molecule has 0 aliphatic carbocycles. The van der Waals surface area contributed by atoms with E-state index >= 15 is 0 Å². The van der Waals surface area contributed by atoms with Gasteiger partial charge in [-0.25, -0.2) is 13.1 Å². The third-order valence-corrected chi connectivity index (χ3v) is 3.66. The standard InChI is InChI=1S/C12H19NO3S/c1-12(2,3)13-17(15,16)9-11-6-4-10(8-14)5-7-11/h4-7,13-14H,8-9H2,1-3H3. The number of nitrogens with one attached hydrogen (secondary N) is 1. The van der Waals surface area contributed by atoms with Crippen LogP contribution in [0.15, 0.2) is 24.3 Å². The molecule has 0 radical (unpaired) electrons. The number of rotatable bonds is 4. The van der Waals surface area contributed by atoms with E-state index < -0.39 is 15.6 Å². The molecular weight excluding hydrogens is 238 g/mol. The zero-order chi connectivity index (χ0) is 13.1. The highest BCUT2D eigenvalue weighted by Gasteiger charge is 2.20. The molecule has 0 heterocycles. The van der Waals surface area contributed by atoms with Crippen LogP contribution >= 0.6 is 0 Å². The topological polar surface area (TPSA) is 66.4 Å². The summed E-state index contributed by atoms with van der Waals surface area (Å²) >= 11 is 0. The van der Waals surface area contributed by atoms with Crippen LogP contribution in [-0.2, 0) is 22.4 Å². The van der Waals surface area contributed by atoms with Crippen molar-refractivity contribution in [1.29, 1.82) is 0 Å². The van der Waals surface area contributed by atoms with E-state index in [1.165, 1.54) is 0 Å². The van der Waals surface area contributed by atoms with Gasteiger partial charge in [0.25, 0.3) is 0 Å². The lowest BCUT2D eigenvalue weighted by Gasteiger charge is -2.20. The molecule has 17 heavy (non-hydrogen) atoms. The van der Waals surface area contributed by atoms with Crippen LogP contribution in [0.4, 0.5) is 0 Å². The van der Waals surface area contributed by atoms with Gasteiger partial charge in [0.1, 0.15) is 0 Å². The summed E-state index contributed by atoms with van der Waals surface area (Å²) in [6.07, 6.45) is 0. The molecule has 0 saturated carbocycles. The third kappa shape index (κ3) is 5.30. The normalized spacial score (nSPS) is 12.7. The van der Waals surface area contributed by atoms with Crippen molar-refractivity contribution in [3.63, 3.8) is 0 Å². The van der Waals surface area contributed by atoms with E-state index in [-0.39, 0.29) is 12.4 Å². The van der Waals surface area contributed by atoms with Gasteiger partial charge < -0.3 is 5.11 Å². The summed E-state index contributed by atoms with van der Waals surface area (Å²) in [7, 11) is -3.32. The van der Waals surface area contributed by atoms with Gasteiger partial charge in [0.2, 0.25) is 10.0 Å². The number of aliphatic hydroxyl groups excluding tert-OH is 1. The van der Waals surface area contributed by atoms with E-state index in [0.29, 0.717) is 5.56 Å². The molecule has 1 aromatic rings. The van der Waals surface area contributed by atoms with Crippen molar-refractivity contribution in [2.24, 2.45) is 0 Å². The Hall–Kier alpha value is -0.910. The molecule has 0 aliphatic rings. The average molecular weight is 257 g/mol. The number of sulfonamides is 1. The molecule has 0 aliphatic heterocycles. The molecule has 0 spiro atoms. The molecule has 0 saturated heterocycles. The zero-order valence-electron chi connectivity index (χ0n) is 10.4. The highest BCUT2D eigenvalue weighted by molar-refractivity contribution is 7.88. The van der Waals surface area contributed by atoms with Crippen LogP contribution in [0.1, 0.15) is 31.9 Å². The second-order valence-corrected chi connectivity index (χ2v) is 6.81. The lowest BCUT2D eigenvalue weighted by atomic mass is 10.1. The molecular formula is C12H19NO3S. The third-order valence-electron chi connectivity index (χ3n) is 2.02. The van der Waals surface area contributed by atoms with Gasteiger partial charge in [0.05, 0.1) is 12.4 Å². The molecule has 4 nitrogen and oxygen atoms in total. The largest absolute Gasteiger partial charge is 0.392 e. The minimum atomic E-state index is -3.32. The fourth-order valence-corrected chi connectivity index (χ4v) is 3.10. The van der Waals surface area contributed by atoms with Crippen molar-refractivity contribution in [3.05, 3.63) is 35.4 Å². The minimum absolute atomic E-state index is 0.0345. The number of hydrogen-bond donors (Lipinski definition) is 2. The smallest absolute Gasteiger partial charge is 0.216 e. The van der Waals surface area contributed by atoms with Crippen LogP contribution in [0.3, 0.4) is 0 Å². The maximum atomic E-state index is 11.8. The second-order valence-electron chi connectivity index (χ2n) is 5.09. The predicted octanol–water partition coefficient (Wildman–Crippen LogP) is 1.40. The quantitative estimate of drug-likeness (QED) is 0.856. The van der Waals surface area contributed by atoms with Gasteiger partial charge in [-0.2, -0.15) is 0 Å². The molecule has 1 rings (SSSR count). The first-order chi connectivity index (χ1) is 7.72. The van der Waals surface area contributed by atoms with Crippen molar-refractivity contribution in [2.75, 3.05) is 0 Å². The Morgan fingerprint density at radius 1 is 1.12 bits per heavy atom. The van der Waals surface area contributed by atoms with Gasteiger partial charge in [-0.3, -0.25) is 0 Å². The van der Waals surface area contributed by atoms with Crippen LogP contribution in [0.5, 0.6) is 0 Å². The fraction of sp³-hybridized carbons (Fsp3) is 0.500. The molecule has 0 unspecified atom stereocenters. The summed E-state index contributed by atoms with van der Waals surface area (Å²) in [6.45, 7) is 5.38. The second kappa shape index (κ2) is 5.16. The van der Waals surface area contributed by atoms with E-state index in [1.54, 1.807) is 45.0 Å². The van der Waals surface area contributed by atoms with E-state index in [0.717, 1.165) is 5.56 Å². The Kier molecular flexibility index (Phi) is 4.30. The van der Waals surface area contributed by atoms with Gasteiger partial charge >= 0.3 is 0 Å². The molecule has 5 heteroatoms. The van der Waals surface area contributed by atoms with E-state index in [4.69, 9.17) is 5.11 Å². The van der Waals surface area contributed by atoms with Crippen LogP contribution in [-0.4, -0.2) is 19.1 Å². The summed E-state index contributed by atoms with van der Waals surface area (Å²) in [5, 5.41) is 8.88. The van der Waals surface area contributed by atoms with E-state index in [1.807, 2.05) is 0 Å². The first kappa shape index (κ1) is 14.2. The Bertz CT molecular complexity index is 458. The predicted molar refractivity (Wildman–Crippen MR) is 67.9 cm³/mol. The molecule has 1 aromatic carbocycles. The summed E-state index contributed by atoms with van der Waals surface area (Å²) in [5.41, 5.74) is 1.01. The number of hydrogen-bond acceptors (Lipinski definition) is 3. The molecule has 0 aromatic heterocycles. The summed E-state index contributed by atoms with van der Waals surface area (Å²) < 4.78 is 26.2. The average Bonchev–Trinajstić information content (AvgIpc) is 2.14. The molecule has 0 fully saturated rings. The Morgan fingerprint density at radius 2 is 1.59 bits per heavy atom. The van der Waals surface area contributed by atoms with Crippen molar-refractivity contribution < 1.29 is 13.5 Å². The minimum Gasteiger partial charge on any atom is -0.392 e. The summed E-state index contributed by atoms with van der Waals surface area (Å²) in [4.78, 5) is 0. The maximum absolute atomic E-state index is 11.8. The monoisotopic (exact) mass is 257 g/mol. The van der Waals surface area contributed by atoms with Crippen LogP contribution in [0.25, 0.3) is 0 Å². The number of aliphatic hydroxyl groups is 1. The fourth-order valence-electron chi connectivity index (χ4n) is 1.46. The zero-order valence-corrected chi connectivity index (χ0v) is 11.2. The van der Waals surface area contributed by atoms with Gasteiger partial charge in [0, 0.05) is 5.54 Å². The Morgan fingerprint density at radius 3 is 2.00 bits per heavy atom. The van der Waals surface area contributed by atoms with Gasteiger partial charge in [-0.1, -0.05) is 24.3 Å². The SMILES string of the molecule is CC(C)(C)NS(=O)(=O)Cc1ccc(CO)cc1. The lowest BCUT2D eigenvalue weighted by molar-refractivity contribution is 0.282. The molecule has 0 atom stereocenters. The molecule has 2 N–H and O–H groups in total. The van der Waals surface area contributed by atoms with E-state index in [9.17, 15) is 8.42 Å². The Balaban J connectivity index is 2.76. The van der Waals surface area contributed by atoms with Gasteiger partial charge in [0.15, 0.2) is 0 Å². The van der Waals surface area contributed by atoms with Gasteiger partial charge in [-0.15, -0.1) is 0 Å². The highest BCUT2D eigenvalue weighted by atomic mass is 32.2. The number of benzene rings is 1. The van der Waals surface area contributed by atoms with Crippen molar-refractivity contribution in [1.82, 2.24) is 4.72 Å². The summed E-state index contributed by atoms with van der Waals surface area (Å²) in [6, 6.07) is 6.88. The van der Waals surface area contributed by atoms with Crippen molar-refractivity contribution in [3.8, 4) is 0 Å². The first-order valence-electron chi connectivity index (χ1n) is 5.42. The first-order valence-corrected chi connectivity index (χ1v) is 7.07. The highest BCUT2D eigenvalue weighted by Crippen LogP contribution is 2.10. The van der Waals surface area contributed by atoms with Crippen LogP contribution in [0, 0.1) is 0 Å². The lowest BCUT2D eigenvalue weighted by Crippen LogP contribution is -2.41. The van der Waals surface area contributed by atoms with Crippen LogP contribution < -0.4 is 4.72 Å². The molecule has 96 valence electrons. The maximum Gasteiger partial charge on any atom is 0.216 e. The van der Waals surface area contributed by atoms with Crippen LogP contribution in [0.2, 0.25) is 0 Å². The van der Waals surface area contributed by atoms with Crippen molar-refractivity contribution >= 4 is 10.0 Å². The Labute approximate surface area is 103 Å². The molecule has 0 amide bonds. The van der Waals surface area contributed by atoms with Gasteiger partial charge in [-0.05, 0) is 31.9 Å². The van der Waals surface area contributed by atoms with Crippen molar-refractivity contribution in [2.45, 2.75) is 38.7 Å². The van der Waals surface area contributed by atoms with E-state index in [2.05, 4.69) is 4.72 Å². The molecule has 0 bridgehead atoms. The summed E-state index contributed by atoms with van der Waals surface area (Å²) in [5.74, 6) is -0.0457.